The lowest BCUT2D eigenvalue weighted by Gasteiger charge is -2.17. The first-order valence-corrected chi connectivity index (χ1v) is 8.98. The van der Waals surface area contributed by atoms with Crippen molar-refractivity contribution in [1.29, 1.82) is 0 Å². The number of benzene rings is 1. The van der Waals surface area contributed by atoms with E-state index in [-0.39, 0.29) is 22.2 Å². The average molecular weight is 372 g/mol. The van der Waals surface area contributed by atoms with Crippen LogP contribution in [0.15, 0.2) is 28.5 Å². The molecule has 1 aromatic heterocycles. The Balaban J connectivity index is 2.35. The summed E-state index contributed by atoms with van der Waals surface area (Å²) in [6.45, 7) is 0. The first-order chi connectivity index (χ1) is 11.3. The van der Waals surface area contributed by atoms with Crippen molar-refractivity contribution in [3.63, 3.8) is 0 Å². The van der Waals surface area contributed by atoms with Crippen LogP contribution in [0.25, 0.3) is 0 Å². The van der Waals surface area contributed by atoms with Gasteiger partial charge in [0.05, 0.1) is 31.2 Å². The lowest BCUT2D eigenvalue weighted by Crippen LogP contribution is -2.26. The maximum Gasteiger partial charge on any atom is 0.309 e. The monoisotopic (exact) mass is 372 g/mol. The molecule has 0 saturated heterocycles. The number of nitrogens with zero attached hydrogens (tertiary/aromatic N) is 2. The van der Waals surface area contributed by atoms with Crippen LogP contribution >= 0.6 is 11.3 Å². The predicted octanol–water partition coefficient (Wildman–Crippen LogP) is 1.61. The number of methoxy groups -OCH3 is 2. The van der Waals surface area contributed by atoms with Crippen molar-refractivity contribution >= 4 is 32.5 Å². The summed E-state index contributed by atoms with van der Waals surface area (Å²) in [6.07, 6.45) is -0.263. The Kier molecular flexibility index (Phi) is 5.30. The Morgan fingerprint density at radius 2 is 1.96 bits per heavy atom. The number of rotatable bonds is 7. The molecule has 0 aliphatic carbocycles. The second-order valence-electron chi connectivity index (χ2n) is 4.68. The Morgan fingerprint density at radius 3 is 2.54 bits per heavy atom. The molecule has 8 nitrogen and oxygen atoms in total. The second kappa shape index (κ2) is 7.05. The fourth-order valence-electron chi connectivity index (χ4n) is 1.91. The number of aromatic nitrogens is 1. The van der Waals surface area contributed by atoms with Crippen LogP contribution in [0, 0.1) is 0 Å². The van der Waals surface area contributed by atoms with Crippen molar-refractivity contribution in [1.82, 2.24) is 4.98 Å². The van der Waals surface area contributed by atoms with Crippen molar-refractivity contribution < 1.29 is 27.8 Å². The van der Waals surface area contributed by atoms with Crippen LogP contribution in [-0.2, 0) is 21.2 Å². The number of thiazole rings is 1. The molecule has 0 radical (unpaired) electrons. The van der Waals surface area contributed by atoms with Crippen molar-refractivity contribution in [3.8, 4) is 11.5 Å². The SMILES string of the molecule is COc1ccc(S(=O)(=O)N(C)c2nc(CC(=O)O)cs2)cc1OC. The zero-order valence-electron chi connectivity index (χ0n) is 13.2. The molecule has 0 unspecified atom stereocenters. The van der Waals surface area contributed by atoms with Crippen LogP contribution in [0.3, 0.4) is 0 Å². The van der Waals surface area contributed by atoms with E-state index >= 15 is 0 Å². The molecule has 0 aliphatic rings. The molecule has 24 heavy (non-hydrogen) atoms. The van der Waals surface area contributed by atoms with Crippen LogP contribution in [0.5, 0.6) is 11.5 Å². The van der Waals surface area contributed by atoms with Gasteiger partial charge in [0.25, 0.3) is 10.0 Å². The Hall–Kier alpha value is -2.33. The van der Waals surface area contributed by atoms with Crippen LogP contribution < -0.4 is 13.8 Å². The van der Waals surface area contributed by atoms with E-state index in [1.54, 1.807) is 0 Å². The number of aliphatic carboxylic acids is 1. The molecule has 2 aromatic rings. The van der Waals surface area contributed by atoms with Gasteiger partial charge in [0.2, 0.25) is 0 Å². The first kappa shape index (κ1) is 18.0. The summed E-state index contributed by atoms with van der Waals surface area (Å²) < 4.78 is 36.6. The lowest BCUT2D eigenvalue weighted by molar-refractivity contribution is -0.136. The third kappa shape index (κ3) is 3.60. The molecule has 0 amide bonds. The number of sulfonamides is 1. The standard InChI is InChI=1S/C14H16N2O6S2/c1-16(14-15-9(8-23-14)6-13(17)18)24(19,20)10-4-5-11(21-2)12(7-10)22-3/h4-5,7-8H,6H2,1-3H3,(H,17,18). The van der Waals surface area contributed by atoms with Gasteiger partial charge in [-0.15, -0.1) is 11.3 Å². The van der Waals surface area contributed by atoms with Gasteiger partial charge < -0.3 is 14.6 Å². The number of carbonyl (C=O) groups is 1. The largest absolute Gasteiger partial charge is 0.493 e. The molecule has 0 aliphatic heterocycles. The van der Waals surface area contributed by atoms with Crippen LogP contribution in [0.2, 0.25) is 0 Å². The molecule has 1 aromatic carbocycles. The summed E-state index contributed by atoms with van der Waals surface area (Å²) >= 11 is 1.06. The Morgan fingerprint density at radius 1 is 1.29 bits per heavy atom. The summed E-state index contributed by atoms with van der Waals surface area (Å²) in [5.41, 5.74) is 0.303. The summed E-state index contributed by atoms with van der Waals surface area (Å²) in [5, 5.41) is 10.5. The van der Waals surface area contributed by atoms with Gasteiger partial charge in [0, 0.05) is 18.5 Å². The highest BCUT2D eigenvalue weighted by Gasteiger charge is 2.25. The highest BCUT2D eigenvalue weighted by atomic mass is 32.2. The van der Waals surface area contributed by atoms with Gasteiger partial charge in [-0.1, -0.05) is 0 Å². The van der Waals surface area contributed by atoms with E-state index in [0.29, 0.717) is 11.4 Å². The quantitative estimate of drug-likeness (QED) is 0.787. The van der Waals surface area contributed by atoms with Crippen LogP contribution in [0.4, 0.5) is 5.13 Å². The van der Waals surface area contributed by atoms with Gasteiger partial charge in [0.1, 0.15) is 0 Å². The van der Waals surface area contributed by atoms with E-state index in [9.17, 15) is 13.2 Å². The predicted molar refractivity (Wildman–Crippen MR) is 88.6 cm³/mol. The second-order valence-corrected chi connectivity index (χ2v) is 7.49. The molecule has 1 N–H and O–H groups in total. The van der Waals surface area contributed by atoms with E-state index in [0.717, 1.165) is 15.6 Å². The van der Waals surface area contributed by atoms with Gasteiger partial charge in [0.15, 0.2) is 16.6 Å². The first-order valence-electron chi connectivity index (χ1n) is 6.66. The molecule has 0 bridgehead atoms. The van der Waals surface area contributed by atoms with E-state index < -0.39 is 16.0 Å². The minimum atomic E-state index is -3.87. The molecule has 130 valence electrons. The van der Waals surface area contributed by atoms with E-state index in [1.165, 1.54) is 44.8 Å². The minimum Gasteiger partial charge on any atom is -0.493 e. The Bertz CT molecular complexity index is 847. The average Bonchev–Trinajstić information content (AvgIpc) is 3.00. The summed E-state index contributed by atoms with van der Waals surface area (Å²) in [7, 11) is 0.360. The lowest BCUT2D eigenvalue weighted by atomic mass is 10.3. The van der Waals surface area contributed by atoms with Crippen molar-refractivity contribution in [2.75, 3.05) is 25.6 Å². The number of carboxylic acid groups (broad SMARTS) is 1. The number of anilines is 1. The molecule has 1 heterocycles. The molecule has 0 saturated carbocycles. The Labute approximate surface area is 143 Å². The smallest absolute Gasteiger partial charge is 0.309 e. The maximum absolute atomic E-state index is 12.7. The van der Waals surface area contributed by atoms with Gasteiger partial charge >= 0.3 is 5.97 Å². The molecule has 2 rings (SSSR count). The highest BCUT2D eigenvalue weighted by Crippen LogP contribution is 2.32. The zero-order valence-corrected chi connectivity index (χ0v) is 14.8. The third-order valence-corrected chi connectivity index (χ3v) is 5.98. The van der Waals surface area contributed by atoms with Gasteiger partial charge in [-0.05, 0) is 12.1 Å². The normalized spacial score (nSPS) is 11.1. The van der Waals surface area contributed by atoms with E-state index in [4.69, 9.17) is 14.6 Å². The fraction of sp³-hybridized carbons (Fsp3) is 0.286. The van der Waals surface area contributed by atoms with Crippen molar-refractivity contribution in [3.05, 3.63) is 29.3 Å². The summed E-state index contributed by atoms with van der Waals surface area (Å²) in [6, 6.07) is 4.26. The van der Waals surface area contributed by atoms with Gasteiger partial charge in [-0.25, -0.2) is 17.7 Å². The molecular weight excluding hydrogens is 356 g/mol. The fourth-order valence-corrected chi connectivity index (χ4v) is 4.09. The number of hydrogen-bond acceptors (Lipinski definition) is 7. The third-order valence-electron chi connectivity index (χ3n) is 3.15. The highest BCUT2D eigenvalue weighted by molar-refractivity contribution is 7.93. The van der Waals surface area contributed by atoms with Crippen molar-refractivity contribution in [2.24, 2.45) is 0 Å². The summed E-state index contributed by atoms with van der Waals surface area (Å²) in [5.74, 6) is -0.327. The minimum absolute atomic E-state index is 0.0117. The van der Waals surface area contributed by atoms with E-state index in [2.05, 4.69) is 4.98 Å². The molecule has 10 heteroatoms. The molecular formula is C14H16N2O6S2. The summed E-state index contributed by atoms with van der Waals surface area (Å²) in [4.78, 5) is 14.8. The number of hydrogen-bond donors (Lipinski definition) is 1. The molecule has 0 atom stereocenters. The van der Waals surface area contributed by atoms with E-state index in [1.807, 2.05) is 0 Å². The number of carboxylic acids is 1. The number of ether oxygens (including phenoxy) is 2. The molecule has 0 fully saturated rings. The van der Waals surface area contributed by atoms with Crippen molar-refractivity contribution in [2.45, 2.75) is 11.3 Å². The van der Waals surface area contributed by atoms with Crippen LogP contribution in [-0.4, -0.2) is 45.7 Å². The zero-order chi connectivity index (χ0) is 17.9. The maximum atomic E-state index is 12.7. The van der Waals surface area contributed by atoms with Gasteiger partial charge in [-0.3, -0.25) is 4.79 Å². The van der Waals surface area contributed by atoms with Crippen LogP contribution in [0.1, 0.15) is 5.69 Å². The van der Waals surface area contributed by atoms with Gasteiger partial charge in [-0.2, -0.15) is 0 Å². The molecule has 0 spiro atoms. The topological polar surface area (TPSA) is 106 Å².